The summed E-state index contributed by atoms with van der Waals surface area (Å²) >= 11 is 0. The van der Waals surface area contributed by atoms with Gasteiger partial charge in [-0.3, -0.25) is 0 Å². The summed E-state index contributed by atoms with van der Waals surface area (Å²) in [6.07, 6.45) is 4.92. The van der Waals surface area contributed by atoms with Crippen LogP contribution in [0, 0.1) is 12.3 Å². The van der Waals surface area contributed by atoms with Crippen molar-refractivity contribution in [1.82, 2.24) is 0 Å². The molecule has 0 N–H and O–H groups in total. The molecule has 1 rings (SSSR count). The Morgan fingerprint density at radius 2 is 1.69 bits per heavy atom. The summed E-state index contributed by atoms with van der Waals surface area (Å²) in [6.45, 7) is 0. The quantitative estimate of drug-likeness (QED) is 0.517. The van der Waals surface area contributed by atoms with Gasteiger partial charge in [-0.25, -0.2) is 0 Å². The highest BCUT2D eigenvalue weighted by molar-refractivity contribution is 5.34. The molecule has 0 spiro atoms. The zero-order chi connectivity index (χ0) is 9.68. The van der Waals surface area contributed by atoms with E-state index in [0.29, 0.717) is 0 Å². The normalized spacial score (nSPS) is 10.0. The van der Waals surface area contributed by atoms with Crippen molar-refractivity contribution in [3.8, 4) is 12.3 Å². The maximum atomic E-state index is 5.23. The Kier molecular flexibility index (Phi) is 3.51. The van der Waals surface area contributed by atoms with Gasteiger partial charge >= 0.3 is 0 Å². The monoisotopic (exact) mass is 176 g/mol. The van der Waals surface area contributed by atoms with Crippen LogP contribution < -0.4 is 0 Å². The molecule has 68 valence electrons. The highest BCUT2D eigenvalue weighted by Crippen LogP contribution is 2.17. The number of methoxy groups -OCH3 is 2. The van der Waals surface area contributed by atoms with Crippen LogP contribution in [0.2, 0.25) is 0 Å². The molecule has 0 heterocycles. The van der Waals surface area contributed by atoms with Gasteiger partial charge in [0.1, 0.15) is 0 Å². The van der Waals surface area contributed by atoms with Crippen LogP contribution in [0.15, 0.2) is 24.3 Å². The fourth-order valence-electron chi connectivity index (χ4n) is 1.10. The van der Waals surface area contributed by atoms with E-state index in [9.17, 15) is 0 Å². The Labute approximate surface area is 78.5 Å². The van der Waals surface area contributed by atoms with Crippen molar-refractivity contribution in [3.63, 3.8) is 0 Å². The van der Waals surface area contributed by atoms with E-state index in [1.54, 1.807) is 14.2 Å². The molecule has 0 saturated carbocycles. The first-order chi connectivity index (χ1) is 6.31. The minimum absolute atomic E-state index is 0.313. The number of ether oxygens (including phenoxy) is 2. The Morgan fingerprint density at radius 1 is 1.15 bits per heavy atom. The second kappa shape index (κ2) is 4.66. The van der Waals surface area contributed by atoms with Gasteiger partial charge < -0.3 is 9.47 Å². The van der Waals surface area contributed by atoms with Crippen molar-refractivity contribution in [3.05, 3.63) is 35.4 Å². The SMILES string of the molecule is C#Cc1ccc(C(OC)OC)cc1. The van der Waals surface area contributed by atoms with Crippen LogP contribution in [0.3, 0.4) is 0 Å². The zero-order valence-corrected chi connectivity index (χ0v) is 7.78. The molecule has 0 aliphatic heterocycles. The second-order valence-corrected chi connectivity index (χ2v) is 2.57. The number of hydrogen-bond acceptors (Lipinski definition) is 2. The third-order valence-electron chi connectivity index (χ3n) is 1.78. The number of benzene rings is 1. The maximum absolute atomic E-state index is 5.23. The van der Waals surface area contributed by atoms with Gasteiger partial charge in [0, 0.05) is 25.3 Å². The van der Waals surface area contributed by atoms with E-state index in [1.807, 2.05) is 24.3 Å². The summed E-state index contributed by atoms with van der Waals surface area (Å²) in [5.41, 5.74) is 1.82. The van der Waals surface area contributed by atoms with Gasteiger partial charge in [-0.15, -0.1) is 6.42 Å². The fraction of sp³-hybridized carbons (Fsp3) is 0.273. The van der Waals surface area contributed by atoms with Gasteiger partial charge in [-0.1, -0.05) is 18.1 Å². The highest BCUT2D eigenvalue weighted by Gasteiger charge is 2.06. The van der Waals surface area contributed by atoms with Crippen molar-refractivity contribution in [2.45, 2.75) is 6.29 Å². The molecule has 0 fully saturated rings. The molecule has 0 unspecified atom stereocenters. The van der Waals surface area contributed by atoms with Gasteiger partial charge in [0.25, 0.3) is 0 Å². The fourth-order valence-corrected chi connectivity index (χ4v) is 1.10. The van der Waals surface area contributed by atoms with Crippen LogP contribution in [0.4, 0.5) is 0 Å². The van der Waals surface area contributed by atoms with Crippen LogP contribution in [-0.2, 0) is 9.47 Å². The molecule has 0 aromatic heterocycles. The summed E-state index contributed by atoms with van der Waals surface area (Å²) in [7, 11) is 3.20. The molecule has 0 aliphatic rings. The molecule has 0 aliphatic carbocycles. The smallest absolute Gasteiger partial charge is 0.183 e. The minimum Gasteiger partial charge on any atom is -0.352 e. The largest absolute Gasteiger partial charge is 0.352 e. The molecular weight excluding hydrogens is 164 g/mol. The van der Waals surface area contributed by atoms with E-state index < -0.39 is 0 Å². The number of terminal acetylenes is 1. The lowest BCUT2D eigenvalue weighted by Gasteiger charge is -2.13. The summed E-state index contributed by atoms with van der Waals surface area (Å²) in [5, 5.41) is 0. The predicted molar refractivity (Wildman–Crippen MR) is 51.1 cm³/mol. The van der Waals surface area contributed by atoms with E-state index in [-0.39, 0.29) is 6.29 Å². The first-order valence-corrected chi connectivity index (χ1v) is 3.94. The van der Waals surface area contributed by atoms with Crippen LogP contribution in [0.25, 0.3) is 0 Å². The molecule has 0 radical (unpaired) electrons. The molecule has 2 nitrogen and oxygen atoms in total. The van der Waals surface area contributed by atoms with E-state index in [4.69, 9.17) is 15.9 Å². The summed E-state index contributed by atoms with van der Waals surface area (Å²) < 4.78 is 10.2. The average molecular weight is 176 g/mol. The standard InChI is InChI=1S/C11H12O2/c1-4-9-5-7-10(8-6-9)11(12-2)13-3/h1,5-8,11H,2-3H3. The van der Waals surface area contributed by atoms with Gasteiger partial charge in [0.05, 0.1) is 0 Å². The Hall–Kier alpha value is -1.30. The molecule has 1 aromatic carbocycles. The van der Waals surface area contributed by atoms with Crippen LogP contribution in [-0.4, -0.2) is 14.2 Å². The van der Waals surface area contributed by atoms with Crippen LogP contribution >= 0.6 is 0 Å². The van der Waals surface area contributed by atoms with Gasteiger partial charge in [-0.2, -0.15) is 0 Å². The first-order valence-electron chi connectivity index (χ1n) is 3.94. The minimum atomic E-state index is -0.313. The van der Waals surface area contributed by atoms with Crippen molar-refractivity contribution >= 4 is 0 Å². The van der Waals surface area contributed by atoms with Crippen LogP contribution in [0.5, 0.6) is 0 Å². The Morgan fingerprint density at radius 3 is 2.08 bits per heavy atom. The van der Waals surface area contributed by atoms with Gasteiger partial charge in [0.2, 0.25) is 0 Å². The van der Waals surface area contributed by atoms with E-state index in [0.717, 1.165) is 11.1 Å². The summed E-state index contributed by atoms with van der Waals surface area (Å²) in [6, 6.07) is 7.51. The van der Waals surface area contributed by atoms with Crippen molar-refractivity contribution in [1.29, 1.82) is 0 Å². The first kappa shape index (κ1) is 9.79. The van der Waals surface area contributed by atoms with E-state index in [1.165, 1.54) is 0 Å². The molecule has 13 heavy (non-hydrogen) atoms. The predicted octanol–water partition coefficient (Wildman–Crippen LogP) is 1.96. The molecule has 0 bridgehead atoms. The van der Waals surface area contributed by atoms with Crippen LogP contribution in [0.1, 0.15) is 17.4 Å². The summed E-state index contributed by atoms with van der Waals surface area (Å²) in [5.74, 6) is 2.55. The number of hydrogen-bond donors (Lipinski definition) is 0. The third kappa shape index (κ3) is 2.32. The molecule has 0 saturated heterocycles. The molecule has 1 aromatic rings. The zero-order valence-electron chi connectivity index (χ0n) is 7.78. The lowest BCUT2D eigenvalue weighted by atomic mass is 10.1. The van der Waals surface area contributed by atoms with Gasteiger partial charge in [-0.05, 0) is 12.1 Å². The highest BCUT2D eigenvalue weighted by atomic mass is 16.7. The maximum Gasteiger partial charge on any atom is 0.183 e. The number of rotatable bonds is 3. The average Bonchev–Trinajstić information content (AvgIpc) is 2.21. The lowest BCUT2D eigenvalue weighted by Crippen LogP contribution is -2.03. The lowest BCUT2D eigenvalue weighted by molar-refractivity contribution is -0.106. The topological polar surface area (TPSA) is 18.5 Å². The molecule has 0 amide bonds. The van der Waals surface area contributed by atoms with E-state index >= 15 is 0 Å². The van der Waals surface area contributed by atoms with Crippen molar-refractivity contribution in [2.24, 2.45) is 0 Å². The second-order valence-electron chi connectivity index (χ2n) is 2.57. The molecule has 2 heteroatoms. The van der Waals surface area contributed by atoms with Crippen molar-refractivity contribution < 1.29 is 9.47 Å². The molecule has 0 atom stereocenters. The Bertz CT molecular complexity index is 291. The van der Waals surface area contributed by atoms with Crippen molar-refractivity contribution in [2.75, 3.05) is 14.2 Å². The third-order valence-corrected chi connectivity index (χ3v) is 1.78. The Balaban J connectivity index is 2.85. The summed E-state index contributed by atoms with van der Waals surface area (Å²) in [4.78, 5) is 0. The van der Waals surface area contributed by atoms with E-state index in [2.05, 4.69) is 5.92 Å². The van der Waals surface area contributed by atoms with Gasteiger partial charge in [0.15, 0.2) is 6.29 Å². The molecular formula is C11H12O2.